The zero-order valence-corrected chi connectivity index (χ0v) is 15.6. The van der Waals surface area contributed by atoms with Gasteiger partial charge in [0, 0.05) is 43.9 Å². The molecule has 0 aromatic carbocycles. The van der Waals surface area contributed by atoms with E-state index in [2.05, 4.69) is 15.0 Å². The monoisotopic (exact) mass is 381 g/mol. The zero-order chi connectivity index (χ0) is 19.6. The fourth-order valence-electron chi connectivity index (χ4n) is 4.31. The molecule has 4 rings (SSSR count). The molecule has 28 heavy (non-hydrogen) atoms. The molecule has 146 valence electrons. The van der Waals surface area contributed by atoms with Crippen LogP contribution in [0.15, 0.2) is 41.7 Å². The molecule has 2 saturated heterocycles. The Balaban J connectivity index is 1.51. The van der Waals surface area contributed by atoms with Crippen molar-refractivity contribution in [2.45, 2.75) is 32.2 Å². The standard InChI is InChI=1S/C20H23N5O3/c26-17-5-7-20(13-25(17)11-15-4-1-2-8-22-15)6-3-9-24(12-20)19(28)16-10-21-14-23-18(16)27/h1-2,4,8,10,14H,3,5-7,9,11-13H2,(H,21,23,27). The van der Waals surface area contributed by atoms with E-state index < -0.39 is 5.56 Å². The van der Waals surface area contributed by atoms with Crippen molar-refractivity contribution in [2.75, 3.05) is 19.6 Å². The molecule has 0 aliphatic carbocycles. The summed E-state index contributed by atoms with van der Waals surface area (Å²) in [5, 5.41) is 0. The van der Waals surface area contributed by atoms with Crippen LogP contribution in [0.5, 0.6) is 0 Å². The number of rotatable bonds is 3. The number of aromatic amines is 1. The fourth-order valence-corrected chi connectivity index (χ4v) is 4.31. The summed E-state index contributed by atoms with van der Waals surface area (Å²) >= 11 is 0. The van der Waals surface area contributed by atoms with Crippen molar-refractivity contribution in [1.82, 2.24) is 24.8 Å². The Bertz CT molecular complexity index is 929. The van der Waals surface area contributed by atoms with Crippen molar-refractivity contribution in [3.63, 3.8) is 0 Å². The predicted octanol–water partition coefficient (Wildman–Crippen LogP) is 1.21. The van der Waals surface area contributed by atoms with Crippen LogP contribution in [0.4, 0.5) is 0 Å². The quantitative estimate of drug-likeness (QED) is 0.862. The van der Waals surface area contributed by atoms with Crippen LogP contribution in [-0.2, 0) is 11.3 Å². The van der Waals surface area contributed by atoms with Gasteiger partial charge in [-0.15, -0.1) is 0 Å². The number of aromatic nitrogens is 3. The van der Waals surface area contributed by atoms with E-state index in [9.17, 15) is 14.4 Å². The number of carbonyl (C=O) groups is 2. The fraction of sp³-hybridized carbons (Fsp3) is 0.450. The highest BCUT2D eigenvalue weighted by Gasteiger charge is 2.43. The average molecular weight is 381 g/mol. The summed E-state index contributed by atoms with van der Waals surface area (Å²) in [5.41, 5.74) is 0.372. The number of nitrogens with zero attached hydrogens (tertiary/aromatic N) is 4. The molecule has 2 aromatic heterocycles. The molecule has 0 bridgehead atoms. The third-order valence-corrected chi connectivity index (χ3v) is 5.72. The van der Waals surface area contributed by atoms with Gasteiger partial charge in [0.1, 0.15) is 5.56 Å². The Morgan fingerprint density at radius 3 is 2.89 bits per heavy atom. The maximum absolute atomic E-state index is 12.9. The van der Waals surface area contributed by atoms with E-state index in [4.69, 9.17) is 0 Å². The maximum Gasteiger partial charge on any atom is 0.263 e. The summed E-state index contributed by atoms with van der Waals surface area (Å²) < 4.78 is 0. The molecule has 8 heteroatoms. The number of amides is 2. The number of hydrogen-bond donors (Lipinski definition) is 1. The minimum atomic E-state index is -0.421. The molecular formula is C20H23N5O3. The number of carbonyl (C=O) groups excluding carboxylic acids is 2. The summed E-state index contributed by atoms with van der Waals surface area (Å²) in [6.45, 7) is 2.25. The lowest BCUT2D eigenvalue weighted by molar-refractivity contribution is -0.139. The van der Waals surface area contributed by atoms with Crippen LogP contribution in [0.25, 0.3) is 0 Å². The van der Waals surface area contributed by atoms with E-state index in [1.54, 1.807) is 11.1 Å². The maximum atomic E-state index is 12.9. The first-order valence-electron chi connectivity index (χ1n) is 9.56. The van der Waals surface area contributed by atoms with E-state index in [0.717, 1.165) is 25.0 Å². The molecule has 1 atom stereocenters. The highest BCUT2D eigenvalue weighted by atomic mass is 16.2. The largest absolute Gasteiger partial charge is 0.338 e. The minimum Gasteiger partial charge on any atom is -0.338 e. The van der Waals surface area contributed by atoms with E-state index in [-0.39, 0.29) is 22.8 Å². The average Bonchev–Trinajstić information content (AvgIpc) is 2.72. The van der Waals surface area contributed by atoms with Gasteiger partial charge in [-0.1, -0.05) is 6.07 Å². The van der Waals surface area contributed by atoms with Crippen LogP contribution in [0.2, 0.25) is 0 Å². The van der Waals surface area contributed by atoms with E-state index >= 15 is 0 Å². The molecule has 2 fully saturated rings. The number of nitrogens with one attached hydrogen (secondary N) is 1. The molecule has 4 heterocycles. The molecule has 0 saturated carbocycles. The van der Waals surface area contributed by atoms with Crippen molar-refractivity contribution >= 4 is 11.8 Å². The Hall–Kier alpha value is -3.03. The first kappa shape index (κ1) is 18.3. The van der Waals surface area contributed by atoms with Gasteiger partial charge in [0.25, 0.3) is 11.5 Å². The summed E-state index contributed by atoms with van der Waals surface area (Å²) in [5.74, 6) is -0.162. The van der Waals surface area contributed by atoms with E-state index in [1.807, 2.05) is 23.1 Å². The normalized spacial score (nSPS) is 22.5. The van der Waals surface area contributed by atoms with Gasteiger partial charge in [0.15, 0.2) is 0 Å². The van der Waals surface area contributed by atoms with Gasteiger partial charge in [0.05, 0.1) is 18.6 Å². The Morgan fingerprint density at radius 1 is 1.21 bits per heavy atom. The number of hydrogen-bond acceptors (Lipinski definition) is 5. The molecule has 1 unspecified atom stereocenters. The zero-order valence-electron chi connectivity index (χ0n) is 15.6. The minimum absolute atomic E-state index is 0.0665. The second kappa shape index (κ2) is 7.53. The van der Waals surface area contributed by atoms with Crippen molar-refractivity contribution in [1.29, 1.82) is 0 Å². The molecule has 2 aromatic rings. The molecule has 1 N–H and O–H groups in total. The lowest BCUT2D eigenvalue weighted by Crippen LogP contribution is -2.55. The van der Waals surface area contributed by atoms with Crippen LogP contribution >= 0.6 is 0 Å². The van der Waals surface area contributed by atoms with Crippen LogP contribution in [0, 0.1) is 5.41 Å². The SMILES string of the molecule is O=C1CCC2(CCCN(C(=O)c3cnc[nH]c3=O)C2)CN1Cc1ccccn1. The Labute approximate surface area is 162 Å². The van der Waals surface area contributed by atoms with Gasteiger partial charge in [-0.2, -0.15) is 0 Å². The molecule has 2 aliphatic heterocycles. The van der Waals surface area contributed by atoms with Gasteiger partial charge in [-0.3, -0.25) is 19.4 Å². The van der Waals surface area contributed by atoms with Gasteiger partial charge >= 0.3 is 0 Å². The van der Waals surface area contributed by atoms with Gasteiger partial charge in [-0.05, 0) is 31.4 Å². The Morgan fingerprint density at radius 2 is 2.11 bits per heavy atom. The first-order chi connectivity index (χ1) is 13.6. The van der Waals surface area contributed by atoms with Gasteiger partial charge < -0.3 is 14.8 Å². The second-order valence-corrected chi connectivity index (χ2v) is 7.70. The summed E-state index contributed by atoms with van der Waals surface area (Å²) in [4.78, 5) is 51.6. The smallest absolute Gasteiger partial charge is 0.263 e. The highest BCUT2D eigenvalue weighted by Crippen LogP contribution is 2.39. The van der Waals surface area contributed by atoms with Crippen molar-refractivity contribution in [2.24, 2.45) is 5.41 Å². The first-order valence-corrected chi connectivity index (χ1v) is 9.56. The summed E-state index contributed by atoms with van der Waals surface area (Å²) in [6, 6.07) is 5.69. The van der Waals surface area contributed by atoms with E-state index in [1.165, 1.54) is 12.5 Å². The van der Waals surface area contributed by atoms with Crippen LogP contribution in [-0.4, -0.2) is 56.2 Å². The lowest BCUT2D eigenvalue weighted by Gasteiger charge is -2.48. The predicted molar refractivity (Wildman–Crippen MR) is 101 cm³/mol. The van der Waals surface area contributed by atoms with Gasteiger partial charge in [-0.25, -0.2) is 4.98 Å². The van der Waals surface area contributed by atoms with Crippen molar-refractivity contribution in [3.05, 3.63) is 58.5 Å². The number of piperidine rings is 2. The molecule has 1 spiro atoms. The van der Waals surface area contributed by atoms with Crippen LogP contribution in [0.3, 0.4) is 0 Å². The molecule has 2 aliphatic rings. The number of H-pyrrole nitrogens is 1. The topological polar surface area (TPSA) is 99.3 Å². The molecule has 0 radical (unpaired) electrons. The number of likely N-dealkylation sites (tertiary alicyclic amines) is 2. The third kappa shape index (κ3) is 3.67. The molecule has 2 amide bonds. The second-order valence-electron chi connectivity index (χ2n) is 7.70. The summed E-state index contributed by atoms with van der Waals surface area (Å²) in [7, 11) is 0. The molecular weight excluding hydrogens is 358 g/mol. The van der Waals surface area contributed by atoms with Crippen molar-refractivity contribution in [3.8, 4) is 0 Å². The molecule has 8 nitrogen and oxygen atoms in total. The van der Waals surface area contributed by atoms with Crippen LogP contribution in [0.1, 0.15) is 41.7 Å². The highest BCUT2D eigenvalue weighted by molar-refractivity contribution is 5.93. The third-order valence-electron chi connectivity index (χ3n) is 5.72. The van der Waals surface area contributed by atoms with E-state index in [0.29, 0.717) is 32.6 Å². The summed E-state index contributed by atoms with van der Waals surface area (Å²) in [6.07, 6.45) is 7.38. The van der Waals surface area contributed by atoms with Crippen LogP contribution < -0.4 is 5.56 Å². The lowest BCUT2D eigenvalue weighted by atomic mass is 9.73. The number of pyridine rings is 1. The Kier molecular flexibility index (Phi) is 4.93. The van der Waals surface area contributed by atoms with Gasteiger partial charge in [0.2, 0.25) is 5.91 Å². The van der Waals surface area contributed by atoms with Crippen molar-refractivity contribution < 1.29 is 9.59 Å².